The van der Waals surface area contributed by atoms with E-state index in [0.29, 0.717) is 0 Å². The molecule has 2 atom stereocenters. The Bertz CT molecular complexity index is 132. The Morgan fingerprint density at radius 2 is 2.25 bits per heavy atom. The summed E-state index contributed by atoms with van der Waals surface area (Å²) in [4.78, 5) is 0. The molecule has 0 aromatic rings. The first-order valence-corrected chi connectivity index (χ1v) is 4.98. The molecule has 0 aliphatic heterocycles. The molecule has 72 valence electrons. The minimum Gasteiger partial charge on any atom is -0.387 e. The van der Waals surface area contributed by atoms with Crippen LogP contribution in [0.1, 0.15) is 45.4 Å². The van der Waals surface area contributed by atoms with Crippen molar-refractivity contribution in [1.29, 1.82) is 0 Å². The third-order valence-electron chi connectivity index (χ3n) is 2.89. The van der Waals surface area contributed by atoms with Crippen molar-refractivity contribution in [3.63, 3.8) is 0 Å². The van der Waals surface area contributed by atoms with Crippen molar-refractivity contribution in [1.82, 2.24) is 0 Å². The zero-order valence-electron chi connectivity index (χ0n) is 8.18. The van der Waals surface area contributed by atoms with Gasteiger partial charge in [0, 0.05) is 7.11 Å². The average molecular weight is 172 g/mol. The lowest BCUT2D eigenvalue weighted by Gasteiger charge is -2.38. The first-order chi connectivity index (χ1) is 5.73. The SMILES string of the molecule is CCCC1(O)CCCCC1OC. The van der Waals surface area contributed by atoms with E-state index in [2.05, 4.69) is 6.92 Å². The highest BCUT2D eigenvalue weighted by Crippen LogP contribution is 2.33. The maximum Gasteiger partial charge on any atom is 0.0907 e. The van der Waals surface area contributed by atoms with Gasteiger partial charge in [0.2, 0.25) is 0 Å². The Balaban J connectivity index is 2.55. The van der Waals surface area contributed by atoms with Crippen molar-refractivity contribution in [2.45, 2.75) is 57.2 Å². The molecule has 0 heterocycles. The number of aliphatic hydroxyl groups is 1. The molecule has 2 unspecified atom stereocenters. The Hall–Kier alpha value is -0.0800. The second-order valence-electron chi connectivity index (χ2n) is 3.82. The van der Waals surface area contributed by atoms with Crippen LogP contribution in [0.3, 0.4) is 0 Å². The van der Waals surface area contributed by atoms with Gasteiger partial charge in [0.05, 0.1) is 11.7 Å². The predicted octanol–water partition coefficient (Wildman–Crippen LogP) is 2.11. The highest BCUT2D eigenvalue weighted by atomic mass is 16.5. The van der Waals surface area contributed by atoms with Crippen LogP contribution in [-0.4, -0.2) is 23.9 Å². The molecule has 12 heavy (non-hydrogen) atoms. The summed E-state index contributed by atoms with van der Waals surface area (Å²) in [6.45, 7) is 2.11. The number of hydrogen-bond acceptors (Lipinski definition) is 2. The lowest BCUT2D eigenvalue weighted by molar-refractivity contribution is -0.121. The minimum atomic E-state index is -0.526. The number of ether oxygens (including phenoxy) is 1. The summed E-state index contributed by atoms with van der Waals surface area (Å²) in [7, 11) is 1.70. The molecule has 1 rings (SSSR count). The van der Waals surface area contributed by atoms with Crippen molar-refractivity contribution in [3.8, 4) is 0 Å². The Morgan fingerprint density at radius 3 is 2.83 bits per heavy atom. The van der Waals surface area contributed by atoms with Crippen LogP contribution in [0.2, 0.25) is 0 Å². The van der Waals surface area contributed by atoms with Crippen LogP contribution in [0.25, 0.3) is 0 Å². The number of hydrogen-bond donors (Lipinski definition) is 1. The van der Waals surface area contributed by atoms with E-state index < -0.39 is 5.60 Å². The lowest BCUT2D eigenvalue weighted by Crippen LogP contribution is -2.45. The molecule has 0 saturated heterocycles. The zero-order valence-corrected chi connectivity index (χ0v) is 8.18. The standard InChI is InChI=1S/C10H20O2/c1-3-7-10(11)8-5-4-6-9(10)12-2/h9,11H,3-8H2,1-2H3. The van der Waals surface area contributed by atoms with Gasteiger partial charge in [-0.1, -0.05) is 26.2 Å². The van der Waals surface area contributed by atoms with E-state index >= 15 is 0 Å². The fraction of sp³-hybridized carbons (Fsp3) is 1.00. The third kappa shape index (κ3) is 1.99. The molecular weight excluding hydrogens is 152 g/mol. The van der Waals surface area contributed by atoms with Gasteiger partial charge in [0.15, 0.2) is 0 Å². The summed E-state index contributed by atoms with van der Waals surface area (Å²) in [6, 6.07) is 0. The van der Waals surface area contributed by atoms with Crippen molar-refractivity contribution < 1.29 is 9.84 Å². The summed E-state index contributed by atoms with van der Waals surface area (Å²) in [5.41, 5.74) is -0.526. The van der Waals surface area contributed by atoms with Gasteiger partial charge in [-0.05, 0) is 19.3 Å². The molecule has 0 radical (unpaired) electrons. The van der Waals surface area contributed by atoms with Crippen LogP contribution < -0.4 is 0 Å². The minimum absolute atomic E-state index is 0.0752. The summed E-state index contributed by atoms with van der Waals surface area (Å²) in [5.74, 6) is 0. The highest BCUT2D eigenvalue weighted by molar-refractivity contribution is 4.90. The molecule has 0 aromatic heterocycles. The molecule has 0 amide bonds. The molecule has 2 heteroatoms. The van der Waals surface area contributed by atoms with E-state index in [0.717, 1.165) is 32.1 Å². The van der Waals surface area contributed by atoms with Crippen LogP contribution in [0.15, 0.2) is 0 Å². The van der Waals surface area contributed by atoms with E-state index in [1.165, 1.54) is 6.42 Å². The first kappa shape index (κ1) is 10.0. The summed E-state index contributed by atoms with van der Waals surface area (Å²) >= 11 is 0. The normalized spacial score (nSPS) is 36.8. The highest BCUT2D eigenvalue weighted by Gasteiger charge is 2.37. The second kappa shape index (κ2) is 4.24. The number of methoxy groups -OCH3 is 1. The molecule has 1 saturated carbocycles. The van der Waals surface area contributed by atoms with Crippen LogP contribution in [0, 0.1) is 0 Å². The number of rotatable bonds is 3. The van der Waals surface area contributed by atoms with E-state index in [-0.39, 0.29) is 6.10 Å². The molecule has 1 N–H and O–H groups in total. The molecule has 2 nitrogen and oxygen atoms in total. The van der Waals surface area contributed by atoms with Crippen molar-refractivity contribution in [3.05, 3.63) is 0 Å². The monoisotopic (exact) mass is 172 g/mol. The quantitative estimate of drug-likeness (QED) is 0.706. The molecule has 1 fully saturated rings. The van der Waals surface area contributed by atoms with E-state index in [1.807, 2.05) is 0 Å². The maximum absolute atomic E-state index is 10.2. The van der Waals surface area contributed by atoms with E-state index in [1.54, 1.807) is 7.11 Å². The van der Waals surface area contributed by atoms with Gasteiger partial charge in [0.25, 0.3) is 0 Å². The third-order valence-corrected chi connectivity index (χ3v) is 2.89. The lowest BCUT2D eigenvalue weighted by atomic mass is 9.79. The van der Waals surface area contributed by atoms with Crippen molar-refractivity contribution in [2.75, 3.05) is 7.11 Å². The molecule has 1 aliphatic carbocycles. The maximum atomic E-state index is 10.2. The van der Waals surface area contributed by atoms with E-state index in [4.69, 9.17) is 4.74 Å². The summed E-state index contributed by atoms with van der Waals surface area (Å²) < 4.78 is 5.31. The van der Waals surface area contributed by atoms with Gasteiger partial charge in [-0.25, -0.2) is 0 Å². The Kier molecular flexibility index (Phi) is 3.53. The first-order valence-electron chi connectivity index (χ1n) is 4.98. The van der Waals surface area contributed by atoms with Crippen LogP contribution in [0.4, 0.5) is 0 Å². The van der Waals surface area contributed by atoms with Crippen molar-refractivity contribution in [2.24, 2.45) is 0 Å². The zero-order chi connectivity index (χ0) is 9.03. The molecule has 0 bridgehead atoms. The van der Waals surface area contributed by atoms with Gasteiger partial charge < -0.3 is 9.84 Å². The van der Waals surface area contributed by atoms with Crippen LogP contribution in [-0.2, 0) is 4.74 Å². The average Bonchev–Trinajstić information content (AvgIpc) is 2.05. The summed E-state index contributed by atoms with van der Waals surface area (Å²) in [5, 5.41) is 10.2. The van der Waals surface area contributed by atoms with Gasteiger partial charge >= 0.3 is 0 Å². The fourth-order valence-electron chi connectivity index (χ4n) is 2.25. The summed E-state index contributed by atoms with van der Waals surface area (Å²) in [6.07, 6.45) is 6.28. The largest absolute Gasteiger partial charge is 0.387 e. The van der Waals surface area contributed by atoms with Crippen LogP contribution in [0.5, 0.6) is 0 Å². The second-order valence-corrected chi connectivity index (χ2v) is 3.82. The molecular formula is C10H20O2. The topological polar surface area (TPSA) is 29.5 Å². The smallest absolute Gasteiger partial charge is 0.0907 e. The van der Waals surface area contributed by atoms with Crippen LogP contribution >= 0.6 is 0 Å². The van der Waals surface area contributed by atoms with Gasteiger partial charge in [-0.3, -0.25) is 0 Å². The van der Waals surface area contributed by atoms with Gasteiger partial charge in [-0.15, -0.1) is 0 Å². The fourth-order valence-corrected chi connectivity index (χ4v) is 2.25. The van der Waals surface area contributed by atoms with Gasteiger partial charge in [-0.2, -0.15) is 0 Å². The Morgan fingerprint density at radius 1 is 1.50 bits per heavy atom. The van der Waals surface area contributed by atoms with Crippen molar-refractivity contribution >= 4 is 0 Å². The van der Waals surface area contributed by atoms with Gasteiger partial charge in [0.1, 0.15) is 0 Å². The molecule has 1 aliphatic rings. The van der Waals surface area contributed by atoms with E-state index in [9.17, 15) is 5.11 Å². The predicted molar refractivity (Wildman–Crippen MR) is 49.1 cm³/mol. The Labute approximate surface area is 74.9 Å². The molecule has 0 aromatic carbocycles. The molecule has 0 spiro atoms.